The fourth-order valence-corrected chi connectivity index (χ4v) is 2.86. The Hall–Kier alpha value is -1.75. The number of halogens is 1. The van der Waals surface area contributed by atoms with Crippen molar-refractivity contribution in [2.45, 2.75) is 33.4 Å². The molecule has 0 saturated heterocycles. The predicted octanol–water partition coefficient (Wildman–Crippen LogP) is 4.33. The van der Waals surface area contributed by atoms with Gasteiger partial charge in [-0.15, -0.1) is 0 Å². The van der Waals surface area contributed by atoms with Gasteiger partial charge in [0, 0.05) is 17.6 Å². The lowest BCUT2D eigenvalue weighted by atomic mass is 10.1. The Morgan fingerprint density at radius 1 is 1.00 bits per heavy atom. The normalized spacial score (nSPS) is 10.8. The van der Waals surface area contributed by atoms with Crippen LogP contribution in [0.5, 0.6) is 11.5 Å². The zero-order chi connectivity index (χ0) is 18.8. The van der Waals surface area contributed by atoms with Gasteiger partial charge < -0.3 is 20.1 Å². The fraction of sp³-hybridized carbons (Fsp3) is 0.429. The van der Waals surface area contributed by atoms with Gasteiger partial charge in [0.1, 0.15) is 6.61 Å². The molecule has 0 saturated carbocycles. The molecular weight excluding hydrogens is 348 g/mol. The van der Waals surface area contributed by atoms with E-state index in [4.69, 9.17) is 21.1 Å². The largest absolute Gasteiger partial charge is 0.490 e. The molecule has 0 heterocycles. The zero-order valence-electron chi connectivity index (χ0n) is 15.9. The van der Waals surface area contributed by atoms with Gasteiger partial charge in [-0.3, -0.25) is 0 Å². The fourth-order valence-electron chi connectivity index (χ4n) is 2.63. The molecule has 0 unspecified atom stereocenters. The SMILES string of the molecule is CCOc1cc(CNCCCNC)c(Cl)cc1OCc1ccccc1C. The Labute approximate surface area is 161 Å². The Balaban J connectivity index is 2.06. The lowest BCUT2D eigenvalue weighted by Gasteiger charge is -2.16. The molecule has 0 fully saturated rings. The van der Waals surface area contributed by atoms with Crippen molar-refractivity contribution in [3.05, 3.63) is 58.1 Å². The zero-order valence-corrected chi connectivity index (χ0v) is 16.7. The Morgan fingerprint density at radius 3 is 2.50 bits per heavy atom. The van der Waals surface area contributed by atoms with E-state index in [1.165, 1.54) is 5.56 Å². The number of rotatable bonds is 11. The van der Waals surface area contributed by atoms with E-state index in [1.807, 2.05) is 38.2 Å². The van der Waals surface area contributed by atoms with Gasteiger partial charge in [-0.05, 0) is 63.2 Å². The average Bonchev–Trinajstić information content (AvgIpc) is 2.63. The molecular formula is C21H29ClN2O2. The monoisotopic (exact) mass is 376 g/mol. The minimum absolute atomic E-state index is 0.491. The number of ether oxygens (including phenoxy) is 2. The van der Waals surface area contributed by atoms with Crippen molar-refractivity contribution < 1.29 is 9.47 Å². The van der Waals surface area contributed by atoms with E-state index in [0.29, 0.717) is 30.5 Å². The molecule has 5 heteroatoms. The maximum absolute atomic E-state index is 6.47. The summed E-state index contributed by atoms with van der Waals surface area (Å²) in [6.45, 7) is 7.76. The van der Waals surface area contributed by atoms with Gasteiger partial charge in [0.05, 0.1) is 6.61 Å². The van der Waals surface area contributed by atoms with Gasteiger partial charge in [-0.25, -0.2) is 0 Å². The molecule has 0 radical (unpaired) electrons. The Morgan fingerprint density at radius 2 is 1.77 bits per heavy atom. The van der Waals surface area contributed by atoms with E-state index < -0.39 is 0 Å². The van der Waals surface area contributed by atoms with Crippen LogP contribution in [0.2, 0.25) is 5.02 Å². The highest BCUT2D eigenvalue weighted by atomic mass is 35.5. The van der Waals surface area contributed by atoms with Gasteiger partial charge >= 0.3 is 0 Å². The average molecular weight is 377 g/mol. The van der Waals surface area contributed by atoms with E-state index in [2.05, 4.69) is 29.7 Å². The summed E-state index contributed by atoms with van der Waals surface area (Å²) in [6, 6.07) is 12.0. The highest BCUT2D eigenvalue weighted by Gasteiger charge is 2.12. The van der Waals surface area contributed by atoms with Crippen LogP contribution in [0.4, 0.5) is 0 Å². The lowest BCUT2D eigenvalue weighted by molar-refractivity contribution is 0.268. The quantitative estimate of drug-likeness (QED) is 0.573. The van der Waals surface area contributed by atoms with E-state index >= 15 is 0 Å². The van der Waals surface area contributed by atoms with Gasteiger partial charge in [0.15, 0.2) is 11.5 Å². The van der Waals surface area contributed by atoms with Crippen molar-refractivity contribution >= 4 is 11.6 Å². The van der Waals surface area contributed by atoms with Crippen LogP contribution in [0.1, 0.15) is 30.0 Å². The molecule has 0 aliphatic heterocycles. The van der Waals surface area contributed by atoms with E-state index in [-0.39, 0.29) is 0 Å². The highest BCUT2D eigenvalue weighted by molar-refractivity contribution is 6.31. The molecule has 0 spiro atoms. The van der Waals surface area contributed by atoms with E-state index in [9.17, 15) is 0 Å². The van der Waals surface area contributed by atoms with Crippen LogP contribution in [-0.4, -0.2) is 26.7 Å². The smallest absolute Gasteiger partial charge is 0.163 e. The second-order valence-corrected chi connectivity index (χ2v) is 6.58. The summed E-state index contributed by atoms with van der Waals surface area (Å²) < 4.78 is 11.8. The minimum Gasteiger partial charge on any atom is -0.490 e. The maximum atomic E-state index is 6.47. The molecule has 2 N–H and O–H groups in total. The first-order chi connectivity index (χ1) is 12.7. The topological polar surface area (TPSA) is 42.5 Å². The standard InChI is InChI=1S/C21H29ClN2O2/c1-4-25-20-12-18(14-24-11-7-10-23-3)19(22)13-21(20)26-15-17-9-6-5-8-16(17)2/h5-6,8-9,12-13,23-24H,4,7,10-11,14-15H2,1-3H3. The third-order valence-corrected chi connectivity index (χ3v) is 4.50. The van der Waals surface area contributed by atoms with Gasteiger partial charge in [-0.2, -0.15) is 0 Å². The third kappa shape index (κ3) is 6.20. The third-order valence-electron chi connectivity index (χ3n) is 4.15. The highest BCUT2D eigenvalue weighted by Crippen LogP contribution is 2.34. The van der Waals surface area contributed by atoms with Crippen LogP contribution in [0, 0.1) is 6.92 Å². The molecule has 0 bridgehead atoms. The van der Waals surface area contributed by atoms with Crippen molar-refractivity contribution in [2.75, 3.05) is 26.7 Å². The van der Waals surface area contributed by atoms with Crippen LogP contribution in [0.3, 0.4) is 0 Å². The molecule has 2 aromatic carbocycles. The van der Waals surface area contributed by atoms with Gasteiger partial charge in [0.25, 0.3) is 0 Å². The molecule has 4 nitrogen and oxygen atoms in total. The van der Waals surface area contributed by atoms with Crippen molar-refractivity contribution in [1.29, 1.82) is 0 Å². The molecule has 0 atom stereocenters. The number of nitrogens with one attached hydrogen (secondary N) is 2. The molecule has 2 aromatic rings. The summed E-state index contributed by atoms with van der Waals surface area (Å²) in [5, 5.41) is 7.24. The molecule has 2 rings (SSSR count). The first kappa shape index (κ1) is 20.6. The summed E-state index contributed by atoms with van der Waals surface area (Å²) in [6.07, 6.45) is 1.07. The molecule has 0 aliphatic carbocycles. The number of hydrogen-bond acceptors (Lipinski definition) is 4. The minimum atomic E-state index is 0.491. The Bertz CT molecular complexity index is 692. The van der Waals surface area contributed by atoms with Crippen LogP contribution in [0.15, 0.2) is 36.4 Å². The van der Waals surface area contributed by atoms with Crippen LogP contribution in [-0.2, 0) is 13.2 Å². The molecule has 0 amide bonds. The van der Waals surface area contributed by atoms with E-state index in [1.54, 1.807) is 0 Å². The van der Waals surface area contributed by atoms with Crippen LogP contribution >= 0.6 is 11.6 Å². The molecule has 142 valence electrons. The van der Waals surface area contributed by atoms with Crippen molar-refractivity contribution in [1.82, 2.24) is 10.6 Å². The second-order valence-electron chi connectivity index (χ2n) is 6.17. The lowest BCUT2D eigenvalue weighted by Crippen LogP contribution is -2.19. The summed E-state index contributed by atoms with van der Waals surface area (Å²) in [5.74, 6) is 1.41. The first-order valence-corrected chi connectivity index (χ1v) is 9.51. The summed E-state index contributed by atoms with van der Waals surface area (Å²) in [5.41, 5.74) is 3.38. The first-order valence-electron chi connectivity index (χ1n) is 9.13. The van der Waals surface area contributed by atoms with Crippen LogP contribution < -0.4 is 20.1 Å². The van der Waals surface area contributed by atoms with Crippen LogP contribution in [0.25, 0.3) is 0 Å². The van der Waals surface area contributed by atoms with E-state index in [0.717, 1.165) is 36.4 Å². The van der Waals surface area contributed by atoms with Crippen molar-refractivity contribution in [2.24, 2.45) is 0 Å². The molecule has 0 aromatic heterocycles. The molecule has 0 aliphatic rings. The summed E-state index contributed by atoms with van der Waals surface area (Å²) in [4.78, 5) is 0. The van der Waals surface area contributed by atoms with Gasteiger partial charge in [0.2, 0.25) is 0 Å². The van der Waals surface area contributed by atoms with Crippen molar-refractivity contribution in [3.63, 3.8) is 0 Å². The van der Waals surface area contributed by atoms with Gasteiger partial charge in [-0.1, -0.05) is 35.9 Å². The summed E-state index contributed by atoms with van der Waals surface area (Å²) >= 11 is 6.47. The summed E-state index contributed by atoms with van der Waals surface area (Å²) in [7, 11) is 1.96. The molecule has 26 heavy (non-hydrogen) atoms. The maximum Gasteiger partial charge on any atom is 0.163 e. The van der Waals surface area contributed by atoms with Crippen molar-refractivity contribution in [3.8, 4) is 11.5 Å². The number of hydrogen-bond donors (Lipinski definition) is 2. The second kappa shape index (κ2) is 11.1. The predicted molar refractivity (Wildman–Crippen MR) is 108 cm³/mol. The Kier molecular flexibility index (Phi) is 8.75. The number of benzene rings is 2. The number of aryl methyl sites for hydroxylation is 1.